The van der Waals surface area contributed by atoms with Crippen LogP contribution in [-0.4, -0.2) is 40.0 Å². The topological polar surface area (TPSA) is 86.6 Å². The number of halogens is 1. The molecular weight excluding hydrogens is 267 g/mol. The van der Waals surface area contributed by atoms with Gasteiger partial charge in [0.1, 0.15) is 0 Å². The standard InChI is InChI=1S/C9H13FO7Si/c1-13-6-4-5-7(16-18(11,12)17-10)9(15-3)8(6)14-2/h4-5,11-12H,1-3H3. The molecule has 0 heterocycles. The number of hydrogen-bond acceptors (Lipinski definition) is 7. The minimum atomic E-state index is -4.87. The normalized spacial score (nSPS) is 11.0. The molecule has 0 atom stereocenters. The molecule has 9 heteroatoms. The SMILES string of the molecule is COc1ccc(O[Si](O)(O)OF)c(OC)c1OC. The number of benzene rings is 1. The molecule has 0 aliphatic carbocycles. The molecule has 18 heavy (non-hydrogen) atoms. The average molecular weight is 280 g/mol. The first kappa shape index (κ1) is 14.5. The predicted octanol–water partition coefficient (Wildman–Crippen LogP) is 0.412. The van der Waals surface area contributed by atoms with Crippen molar-refractivity contribution >= 4 is 9.05 Å². The number of methoxy groups -OCH3 is 3. The third-order valence-electron chi connectivity index (χ3n) is 2.01. The molecular formula is C9H13FO7Si. The molecule has 7 nitrogen and oxygen atoms in total. The Bertz CT molecular complexity index is 412. The summed E-state index contributed by atoms with van der Waals surface area (Å²) in [7, 11) is -0.792. The van der Waals surface area contributed by atoms with Gasteiger partial charge in [-0.2, -0.15) is 0 Å². The minimum absolute atomic E-state index is 0.0221. The molecule has 0 spiro atoms. The lowest BCUT2D eigenvalue weighted by atomic mass is 10.2. The van der Waals surface area contributed by atoms with E-state index in [1.807, 2.05) is 0 Å². The van der Waals surface area contributed by atoms with E-state index in [2.05, 4.69) is 9.06 Å². The van der Waals surface area contributed by atoms with Gasteiger partial charge in [-0.15, -0.1) is 4.63 Å². The zero-order chi connectivity index (χ0) is 13.8. The Balaban J connectivity index is 3.21. The maximum absolute atomic E-state index is 11.9. The summed E-state index contributed by atoms with van der Waals surface area (Å²) in [6.07, 6.45) is 0. The maximum Gasteiger partial charge on any atom is 0.776 e. The molecule has 1 rings (SSSR count). The van der Waals surface area contributed by atoms with Gasteiger partial charge in [0.15, 0.2) is 11.5 Å². The second kappa shape index (κ2) is 5.86. The summed E-state index contributed by atoms with van der Waals surface area (Å²) in [5.41, 5.74) is 0. The molecule has 0 radical (unpaired) electrons. The molecule has 0 saturated carbocycles. The smallest absolute Gasteiger partial charge is 0.493 e. The third kappa shape index (κ3) is 3.01. The molecule has 0 unspecified atom stereocenters. The lowest BCUT2D eigenvalue weighted by molar-refractivity contribution is -0.106. The van der Waals surface area contributed by atoms with Gasteiger partial charge in [-0.25, -0.2) is 0 Å². The summed E-state index contributed by atoms with van der Waals surface area (Å²) in [5.74, 6) is 0.380. The molecule has 0 aromatic heterocycles. The Morgan fingerprint density at radius 1 is 0.944 bits per heavy atom. The predicted molar refractivity (Wildman–Crippen MR) is 59.1 cm³/mol. The number of ether oxygens (including phenoxy) is 3. The molecule has 0 fully saturated rings. The molecule has 0 saturated heterocycles. The van der Waals surface area contributed by atoms with Crippen LogP contribution >= 0.6 is 0 Å². The Hall–Kier alpha value is -1.55. The van der Waals surface area contributed by atoms with Gasteiger partial charge in [-0.1, -0.05) is 4.53 Å². The summed E-state index contributed by atoms with van der Waals surface area (Å²) in [6, 6.07) is 2.73. The van der Waals surface area contributed by atoms with E-state index in [1.54, 1.807) is 0 Å². The Kier molecular flexibility index (Phi) is 4.73. The maximum atomic E-state index is 11.9. The fraction of sp³-hybridized carbons (Fsp3) is 0.333. The second-order valence-electron chi connectivity index (χ2n) is 3.06. The molecule has 0 aliphatic rings. The highest BCUT2D eigenvalue weighted by Crippen LogP contribution is 2.44. The molecule has 1 aromatic rings. The quantitative estimate of drug-likeness (QED) is 0.730. The van der Waals surface area contributed by atoms with Gasteiger partial charge in [-0.05, 0) is 12.1 Å². The van der Waals surface area contributed by atoms with Gasteiger partial charge in [0, 0.05) is 0 Å². The van der Waals surface area contributed by atoms with E-state index in [-0.39, 0.29) is 17.2 Å². The van der Waals surface area contributed by atoms with Crippen LogP contribution < -0.4 is 18.6 Å². The fourth-order valence-electron chi connectivity index (χ4n) is 1.31. The molecule has 1 aromatic carbocycles. The minimum Gasteiger partial charge on any atom is -0.493 e. The molecule has 0 bridgehead atoms. The number of rotatable bonds is 6. The van der Waals surface area contributed by atoms with Crippen LogP contribution in [0.1, 0.15) is 0 Å². The van der Waals surface area contributed by atoms with Crippen molar-refractivity contribution in [1.29, 1.82) is 0 Å². The zero-order valence-electron chi connectivity index (χ0n) is 9.97. The highest BCUT2D eigenvalue weighted by molar-refractivity contribution is 6.50. The van der Waals surface area contributed by atoms with Crippen LogP contribution in [0.25, 0.3) is 0 Å². The van der Waals surface area contributed by atoms with E-state index in [0.29, 0.717) is 5.75 Å². The lowest BCUT2D eigenvalue weighted by Crippen LogP contribution is -2.44. The van der Waals surface area contributed by atoms with Crippen LogP contribution in [0.15, 0.2) is 12.1 Å². The fourth-order valence-corrected chi connectivity index (χ4v) is 1.79. The van der Waals surface area contributed by atoms with Crippen LogP contribution in [-0.2, 0) is 4.63 Å². The zero-order valence-corrected chi connectivity index (χ0v) is 11.0. The van der Waals surface area contributed by atoms with Gasteiger partial charge in [-0.3, -0.25) is 0 Å². The van der Waals surface area contributed by atoms with Crippen molar-refractivity contribution < 1.29 is 37.4 Å². The van der Waals surface area contributed by atoms with Crippen LogP contribution in [0.3, 0.4) is 0 Å². The summed E-state index contributed by atoms with van der Waals surface area (Å²) < 4.78 is 34.5. The van der Waals surface area contributed by atoms with E-state index in [9.17, 15) is 4.53 Å². The van der Waals surface area contributed by atoms with Gasteiger partial charge < -0.3 is 28.2 Å². The summed E-state index contributed by atoms with van der Waals surface area (Å²) in [6.45, 7) is 0. The summed E-state index contributed by atoms with van der Waals surface area (Å²) >= 11 is 0. The first-order valence-corrected chi connectivity index (χ1v) is 6.42. The third-order valence-corrected chi connectivity index (χ3v) is 2.70. The van der Waals surface area contributed by atoms with Crippen LogP contribution in [0, 0.1) is 0 Å². The Morgan fingerprint density at radius 2 is 1.44 bits per heavy atom. The first-order chi connectivity index (χ1) is 8.49. The van der Waals surface area contributed by atoms with Crippen LogP contribution in [0.2, 0.25) is 0 Å². The van der Waals surface area contributed by atoms with Crippen molar-refractivity contribution in [3.05, 3.63) is 12.1 Å². The van der Waals surface area contributed by atoms with Gasteiger partial charge in [0.05, 0.1) is 21.3 Å². The van der Waals surface area contributed by atoms with Crippen molar-refractivity contribution in [2.24, 2.45) is 0 Å². The monoisotopic (exact) mass is 280 g/mol. The van der Waals surface area contributed by atoms with E-state index in [4.69, 9.17) is 23.8 Å². The van der Waals surface area contributed by atoms with E-state index in [0.717, 1.165) is 0 Å². The second-order valence-corrected chi connectivity index (χ2v) is 4.52. The summed E-state index contributed by atoms with van der Waals surface area (Å²) in [4.78, 5) is 18.1. The summed E-state index contributed by atoms with van der Waals surface area (Å²) in [5, 5.41) is 0. The van der Waals surface area contributed by atoms with Crippen molar-refractivity contribution in [1.82, 2.24) is 0 Å². The van der Waals surface area contributed by atoms with E-state index < -0.39 is 9.05 Å². The van der Waals surface area contributed by atoms with Crippen molar-refractivity contribution in [2.75, 3.05) is 21.3 Å². The van der Waals surface area contributed by atoms with Crippen molar-refractivity contribution in [3.63, 3.8) is 0 Å². The Labute approximate surface area is 104 Å². The Morgan fingerprint density at radius 3 is 1.89 bits per heavy atom. The van der Waals surface area contributed by atoms with Gasteiger partial charge in [0.25, 0.3) is 0 Å². The molecule has 2 N–H and O–H groups in total. The highest BCUT2D eigenvalue weighted by Gasteiger charge is 2.42. The van der Waals surface area contributed by atoms with Crippen LogP contribution in [0.4, 0.5) is 4.53 Å². The largest absolute Gasteiger partial charge is 0.776 e. The van der Waals surface area contributed by atoms with Crippen molar-refractivity contribution in [2.45, 2.75) is 0 Å². The lowest BCUT2D eigenvalue weighted by Gasteiger charge is -2.18. The van der Waals surface area contributed by atoms with Gasteiger partial charge >= 0.3 is 9.05 Å². The first-order valence-electron chi connectivity index (χ1n) is 4.71. The number of hydrogen-bond donors (Lipinski definition) is 2. The van der Waals surface area contributed by atoms with Crippen LogP contribution in [0.5, 0.6) is 23.0 Å². The molecule has 0 amide bonds. The highest BCUT2D eigenvalue weighted by atomic mass is 28.4. The van der Waals surface area contributed by atoms with Gasteiger partial charge in [0.2, 0.25) is 11.5 Å². The average Bonchev–Trinajstić information content (AvgIpc) is 2.37. The molecule has 102 valence electrons. The molecule has 0 aliphatic heterocycles. The van der Waals surface area contributed by atoms with E-state index >= 15 is 0 Å². The van der Waals surface area contributed by atoms with E-state index in [1.165, 1.54) is 33.5 Å². The van der Waals surface area contributed by atoms with Crippen molar-refractivity contribution in [3.8, 4) is 23.0 Å².